The van der Waals surface area contributed by atoms with Crippen LogP contribution in [0.1, 0.15) is 0 Å². The van der Waals surface area contributed by atoms with Crippen LogP contribution in [-0.4, -0.2) is 0 Å². The minimum atomic E-state index is 1.11. The van der Waals surface area contributed by atoms with Gasteiger partial charge in [-0.25, -0.2) is 0 Å². The lowest BCUT2D eigenvalue weighted by Gasteiger charge is -2.30. The lowest BCUT2D eigenvalue weighted by Crippen LogP contribution is -2.12. The van der Waals surface area contributed by atoms with Crippen molar-refractivity contribution in [1.82, 2.24) is 0 Å². The van der Waals surface area contributed by atoms with Crippen LogP contribution < -0.4 is 4.90 Å². The summed E-state index contributed by atoms with van der Waals surface area (Å²) in [6.45, 7) is 0. The number of benzene rings is 9. The van der Waals surface area contributed by atoms with Gasteiger partial charge in [-0.05, 0) is 86.1 Å². The molecule has 0 unspecified atom stereocenters. The van der Waals surface area contributed by atoms with E-state index in [1.54, 1.807) is 0 Å². The van der Waals surface area contributed by atoms with Crippen molar-refractivity contribution < 1.29 is 0 Å². The topological polar surface area (TPSA) is 3.24 Å². The van der Waals surface area contributed by atoms with E-state index in [-0.39, 0.29) is 0 Å². The Balaban J connectivity index is 1.24. The Morgan fingerprint density at radius 2 is 0.907 bits per heavy atom. The van der Waals surface area contributed by atoms with Crippen molar-refractivity contribution in [3.8, 4) is 44.5 Å². The predicted octanol–water partition coefficient (Wildman–Crippen LogP) is 15.3. The van der Waals surface area contributed by atoms with E-state index < -0.39 is 0 Å². The largest absolute Gasteiger partial charge is 0.308 e. The van der Waals surface area contributed by atoms with Gasteiger partial charge in [0, 0.05) is 26.7 Å². The summed E-state index contributed by atoms with van der Waals surface area (Å²) in [7, 11) is 0. The van der Waals surface area contributed by atoms with Gasteiger partial charge in [-0.1, -0.05) is 176 Å². The highest BCUT2D eigenvalue weighted by molar-refractivity contribution is 7.26. The minimum absolute atomic E-state index is 1.11. The van der Waals surface area contributed by atoms with Gasteiger partial charge in [0.15, 0.2) is 0 Å². The zero-order valence-electron chi connectivity index (χ0n) is 29.6. The summed E-state index contributed by atoms with van der Waals surface area (Å²) in [6, 6.07) is 77.2. The molecule has 9 aromatic carbocycles. The van der Waals surface area contributed by atoms with Crippen LogP contribution in [0.3, 0.4) is 0 Å². The molecule has 0 aliphatic rings. The first-order valence-corrected chi connectivity index (χ1v) is 19.2. The zero-order valence-corrected chi connectivity index (χ0v) is 30.4. The van der Waals surface area contributed by atoms with Crippen LogP contribution in [0.2, 0.25) is 0 Å². The molecule has 0 saturated carbocycles. The number of rotatable bonds is 7. The van der Waals surface area contributed by atoms with Crippen molar-refractivity contribution in [2.75, 3.05) is 4.90 Å². The third-order valence-corrected chi connectivity index (χ3v) is 11.7. The summed E-state index contributed by atoms with van der Waals surface area (Å²) < 4.78 is 2.56. The molecule has 1 aromatic heterocycles. The fraction of sp³-hybridized carbons (Fsp3) is 0. The maximum atomic E-state index is 2.49. The number of para-hydroxylation sites is 1. The van der Waals surface area contributed by atoms with Crippen molar-refractivity contribution in [3.63, 3.8) is 0 Å². The molecule has 0 bridgehead atoms. The Morgan fingerprint density at radius 3 is 1.72 bits per heavy atom. The first kappa shape index (κ1) is 32.0. The van der Waals surface area contributed by atoms with E-state index in [0.717, 1.165) is 17.1 Å². The predicted molar refractivity (Wildman–Crippen MR) is 233 cm³/mol. The van der Waals surface area contributed by atoms with Gasteiger partial charge in [0.25, 0.3) is 0 Å². The van der Waals surface area contributed by atoms with Gasteiger partial charge in [-0.2, -0.15) is 0 Å². The Hall–Kier alpha value is -6.74. The Morgan fingerprint density at radius 1 is 0.315 bits per heavy atom. The molecule has 0 aliphatic carbocycles. The maximum Gasteiger partial charge on any atom is 0.0640 e. The molecule has 0 aliphatic heterocycles. The van der Waals surface area contributed by atoms with Gasteiger partial charge >= 0.3 is 0 Å². The summed E-state index contributed by atoms with van der Waals surface area (Å²) in [5.41, 5.74) is 13.0. The average molecular weight is 706 g/mol. The van der Waals surface area contributed by atoms with Crippen LogP contribution in [0.15, 0.2) is 212 Å². The van der Waals surface area contributed by atoms with E-state index in [9.17, 15) is 0 Å². The second-order valence-electron chi connectivity index (χ2n) is 13.7. The number of nitrogens with zero attached hydrogens (tertiary/aromatic N) is 1. The van der Waals surface area contributed by atoms with Crippen molar-refractivity contribution in [2.24, 2.45) is 0 Å². The third kappa shape index (κ3) is 5.65. The standard InChI is InChI=1S/C52H35NS/c1-3-17-37(18-4-1)43-33-32-41(35-48(43)38-19-5-2-6-20-38)53(50-28-15-26-47-46-25-12-14-29-51(46)54-52(47)50)49-27-13-11-24-45(49)44-23-10-9-22-42(44)40-31-30-36-16-7-8-21-39(36)34-40/h1-35H. The average Bonchev–Trinajstić information content (AvgIpc) is 3.64. The summed E-state index contributed by atoms with van der Waals surface area (Å²) in [4.78, 5) is 2.49. The Labute approximate surface area is 319 Å². The molecule has 0 amide bonds. The van der Waals surface area contributed by atoms with Gasteiger partial charge in [0.05, 0.1) is 16.1 Å². The van der Waals surface area contributed by atoms with Gasteiger partial charge in [0.1, 0.15) is 0 Å². The SMILES string of the molecule is c1ccc(-c2ccc(N(c3ccccc3-c3ccccc3-c3ccc4ccccc4c3)c3cccc4c3sc3ccccc34)cc2-c2ccccc2)cc1. The second-order valence-corrected chi connectivity index (χ2v) is 14.7. The molecule has 0 fully saturated rings. The highest BCUT2D eigenvalue weighted by atomic mass is 32.1. The normalized spacial score (nSPS) is 11.3. The molecule has 0 N–H and O–H groups in total. The molecule has 0 radical (unpaired) electrons. The zero-order chi connectivity index (χ0) is 35.8. The number of hydrogen-bond acceptors (Lipinski definition) is 2. The minimum Gasteiger partial charge on any atom is -0.308 e. The summed E-state index contributed by atoms with van der Waals surface area (Å²) in [5, 5.41) is 5.05. The van der Waals surface area contributed by atoms with Crippen LogP contribution >= 0.6 is 11.3 Å². The first-order valence-electron chi connectivity index (χ1n) is 18.4. The number of thiophene rings is 1. The van der Waals surface area contributed by atoms with E-state index >= 15 is 0 Å². The van der Waals surface area contributed by atoms with Crippen LogP contribution in [0.25, 0.3) is 75.5 Å². The Kier molecular flexibility index (Phi) is 8.09. The highest BCUT2D eigenvalue weighted by Gasteiger charge is 2.23. The molecular weight excluding hydrogens is 671 g/mol. The molecule has 2 heteroatoms. The van der Waals surface area contributed by atoms with Gasteiger partial charge < -0.3 is 4.90 Å². The molecule has 0 atom stereocenters. The van der Waals surface area contributed by atoms with Crippen molar-refractivity contribution >= 4 is 59.3 Å². The van der Waals surface area contributed by atoms with Crippen LogP contribution in [0.5, 0.6) is 0 Å². The summed E-state index contributed by atoms with van der Waals surface area (Å²) in [5.74, 6) is 0. The monoisotopic (exact) mass is 705 g/mol. The molecule has 1 heterocycles. The number of fused-ring (bicyclic) bond motifs is 4. The van der Waals surface area contributed by atoms with Crippen LogP contribution in [0, 0.1) is 0 Å². The Bertz CT molecular complexity index is 2940. The van der Waals surface area contributed by atoms with E-state index in [1.807, 2.05) is 11.3 Å². The van der Waals surface area contributed by atoms with Gasteiger partial charge in [-0.3, -0.25) is 0 Å². The van der Waals surface area contributed by atoms with E-state index in [0.29, 0.717) is 0 Å². The molecular formula is C52H35NS. The van der Waals surface area contributed by atoms with Crippen molar-refractivity contribution in [1.29, 1.82) is 0 Å². The lowest BCUT2D eigenvalue weighted by molar-refractivity contribution is 1.30. The third-order valence-electron chi connectivity index (χ3n) is 10.5. The number of anilines is 3. The highest BCUT2D eigenvalue weighted by Crippen LogP contribution is 2.49. The van der Waals surface area contributed by atoms with Crippen molar-refractivity contribution in [3.05, 3.63) is 212 Å². The van der Waals surface area contributed by atoms with Crippen molar-refractivity contribution in [2.45, 2.75) is 0 Å². The van der Waals surface area contributed by atoms with Gasteiger partial charge in [-0.15, -0.1) is 11.3 Å². The van der Waals surface area contributed by atoms with Crippen LogP contribution in [0.4, 0.5) is 17.1 Å². The molecule has 10 aromatic rings. The molecule has 0 saturated heterocycles. The van der Waals surface area contributed by atoms with E-state index in [4.69, 9.17) is 0 Å². The maximum absolute atomic E-state index is 2.49. The molecule has 54 heavy (non-hydrogen) atoms. The molecule has 0 spiro atoms. The number of hydrogen-bond donors (Lipinski definition) is 0. The first-order chi connectivity index (χ1) is 26.8. The molecule has 1 nitrogen and oxygen atoms in total. The van der Waals surface area contributed by atoms with E-state index in [1.165, 1.54) is 75.5 Å². The van der Waals surface area contributed by atoms with E-state index in [2.05, 4.69) is 217 Å². The quantitative estimate of drug-likeness (QED) is 0.160. The molecule has 10 rings (SSSR count). The fourth-order valence-corrected chi connectivity index (χ4v) is 9.14. The smallest absolute Gasteiger partial charge is 0.0640 e. The van der Waals surface area contributed by atoms with Gasteiger partial charge in [0.2, 0.25) is 0 Å². The summed E-state index contributed by atoms with van der Waals surface area (Å²) >= 11 is 1.87. The van der Waals surface area contributed by atoms with Crippen LogP contribution in [-0.2, 0) is 0 Å². The summed E-state index contributed by atoms with van der Waals surface area (Å²) in [6.07, 6.45) is 0. The second kappa shape index (κ2) is 13.7. The lowest BCUT2D eigenvalue weighted by atomic mass is 9.91. The molecule has 254 valence electrons. The fourth-order valence-electron chi connectivity index (χ4n) is 7.94.